The molecule has 0 saturated heterocycles. The Morgan fingerprint density at radius 3 is 1.91 bits per heavy atom. The number of unbranched alkanes of at least 4 members (excludes halogenated alkanes) is 12. The van der Waals surface area contributed by atoms with Crippen LogP contribution in [0.25, 0.3) is 6.08 Å². The molecule has 4 heteroatoms. The fourth-order valence-electron chi connectivity index (χ4n) is 3.78. The molecule has 1 rings (SSSR count). The normalized spacial score (nSPS) is 11.1. The summed E-state index contributed by atoms with van der Waals surface area (Å²) in [5, 5.41) is 0. The maximum Gasteiger partial charge on any atom is 0.305 e. The third-order valence-electron chi connectivity index (χ3n) is 5.75. The molecule has 0 unspecified atom stereocenters. The van der Waals surface area contributed by atoms with Crippen molar-refractivity contribution in [1.29, 1.82) is 0 Å². The highest BCUT2D eigenvalue weighted by atomic mass is 16.5. The van der Waals surface area contributed by atoms with Crippen LogP contribution in [0.1, 0.15) is 109 Å². The molecule has 0 N–H and O–H groups in total. The van der Waals surface area contributed by atoms with Gasteiger partial charge in [-0.05, 0) is 30.5 Å². The summed E-state index contributed by atoms with van der Waals surface area (Å²) in [5.74, 6) is 1.35. The van der Waals surface area contributed by atoms with Crippen molar-refractivity contribution in [2.45, 2.75) is 103 Å². The number of benzene rings is 1. The Morgan fingerprint density at radius 1 is 0.781 bits per heavy atom. The Bertz CT molecular complexity index is 624. The molecule has 0 aliphatic rings. The lowest BCUT2D eigenvalue weighted by atomic mass is 10.0. The number of hydrogen-bond donors (Lipinski definition) is 0. The van der Waals surface area contributed by atoms with E-state index in [1.807, 2.05) is 30.4 Å². The van der Waals surface area contributed by atoms with Crippen LogP contribution >= 0.6 is 0 Å². The zero-order valence-corrected chi connectivity index (χ0v) is 20.8. The average molecular weight is 447 g/mol. The van der Waals surface area contributed by atoms with Crippen molar-refractivity contribution in [3.63, 3.8) is 0 Å². The minimum Gasteiger partial charge on any atom is -0.493 e. The molecular weight excluding hydrogens is 400 g/mol. The molecule has 0 radical (unpaired) electrons. The van der Waals surface area contributed by atoms with Gasteiger partial charge in [-0.1, -0.05) is 102 Å². The van der Waals surface area contributed by atoms with Crippen molar-refractivity contribution in [1.82, 2.24) is 0 Å². The van der Waals surface area contributed by atoms with Crippen molar-refractivity contribution < 1.29 is 19.0 Å². The van der Waals surface area contributed by atoms with E-state index < -0.39 is 0 Å². The summed E-state index contributed by atoms with van der Waals surface area (Å²) in [6, 6.07) is 5.78. The minimum absolute atomic E-state index is 0.0763. The molecule has 1 aromatic rings. The highest BCUT2D eigenvalue weighted by Crippen LogP contribution is 2.28. The largest absolute Gasteiger partial charge is 0.493 e. The van der Waals surface area contributed by atoms with Crippen LogP contribution in [-0.4, -0.2) is 26.8 Å². The van der Waals surface area contributed by atoms with E-state index in [0.29, 0.717) is 30.9 Å². The van der Waals surface area contributed by atoms with E-state index in [0.717, 1.165) is 18.4 Å². The summed E-state index contributed by atoms with van der Waals surface area (Å²) < 4.78 is 15.9. The lowest BCUT2D eigenvalue weighted by Crippen LogP contribution is -2.04. The molecule has 0 fully saturated rings. The zero-order chi connectivity index (χ0) is 23.3. The summed E-state index contributed by atoms with van der Waals surface area (Å²) in [6.45, 7) is 2.70. The van der Waals surface area contributed by atoms with Gasteiger partial charge in [-0.15, -0.1) is 0 Å². The van der Waals surface area contributed by atoms with Crippen LogP contribution in [0.2, 0.25) is 0 Å². The molecule has 182 valence electrons. The Labute approximate surface area is 196 Å². The first kappa shape index (κ1) is 28.1. The topological polar surface area (TPSA) is 44.8 Å². The van der Waals surface area contributed by atoms with Crippen LogP contribution in [0.15, 0.2) is 24.3 Å². The Balaban J connectivity index is 1.95. The first-order chi connectivity index (χ1) is 15.7. The molecule has 0 aliphatic carbocycles. The van der Waals surface area contributed by atoms with E-state index in [4.69, 9.17) is 14.2 Å². The van der Waals surface area contributed by atoms with Crippen molar-refractivity contribution >= 4 is 12.0 Å². The average Bonchev–Trinajstić information content (AvgIpc) is 2.81. The molecular formula is C28H46O4. The molecule has 32 heavy (non-hydrogen) atoms. The Kier molecular flexibility index (Phi) is 17.3. The number of ether oxygens (including phenoxy) is 3. The van der Waals surface area contributed by atoms with Gasteiger partial charge in [-0.3, -0.25) is 4.79 Å². The van der Waals surface area contributed by atoms with Gasteiger partial charge < -0.3 is 14.2 Å². The van der Waals surface area contributed by atoms with Gasteiger partial charge in [0, 0.05) is 6.42 Å². The Morgan fingerprint density at radius 2 is 1.34 bits per heavy atom. The summed E-state index contributed by atoms with van der Waals surface area (Å²) in [7, 11) is 3.25. The fourth-order valence-corrected chi connectivity index (χ4v) is 3.78. The maximum absolute atomic E-state index is 11.9. The van der Waals surface area contributed by atoms with E-state index in [1.165, 1.54) is 70.6 Å². The molecule has 0 saturated carbocycles. The number of hydrogen-bond acceptors (Lipinski definition) is 4. The van der Waals surface area contributed by atoms with Gasteiger partial charge >= 0.3 is 5.97 Å². The van der Waals surface area contributed by atoms with E-state index in [2.05, 4.69) is 6.92 Å². The van der Waals surface area contributed by atoms with Crippen LogP contribution in [0.5, 0.6) is 11.5 Å². The summed E-state index contributed by atoms with van der Waals surface area (Å²) >= 11 is 0. The fraction of sp³-hybridized carbons (Fsp3) is 0.679. The van der Waals surface area contributed by atoms with Crippen LogP contribution in [0.3, 0.4) is 0 Å². The van der Waals surface area contributed by atoms with Gasteiger partial charge in [-0.2, -0.15) is 0 Å². The molecule has 0 aliphatic heterocycles. The van der Waals surface area contributed by atoms with Crippen molar-refractivity contribution in [3.05, 3.63) is 29.8 Å². The van der Waals surface area contributed by atoms with Gasteiger partial charge in [0.15, 0.2) is 11.5 Å². The quantitative estimate of drug-likeness (QED) is 0.150. The van der Waals surface area contributed by atoms with Crippen molar-refractivity contribution in [3.8, 4) is 11.5 Å². The van der Waals surface area contributed by atoms with Crippen molar-refractivity contribution in [2.75, 3.05) is 20.8 Å². The molecule has 1 aromatic carbocycles. The third kappa shape index (κ3) is 14.2. The van der Waals surface area contributed by atoms with Crippen LogP contribution in [-0.2, 0) is 9.53 Å². The van der Waals surface area contributed by atoms with E-state index >= 15 is 0 Å². The number of esters is 1. The van der Waals surface area contributed by atoms with Crippen LogP contribution in [0, 0.1) is 0 Å². The van der Waals surface area contributed by atoms with Gasteiger partial charge in [0.25, 0.3) is 0 Å². The van der Waals surface area contributed by atoms with Gasteiger partial charge in [0.2, 0.25) is 0 Å². The molecule has 0 heterocycles. The minimum atomic E-state index is -0.0763. The number of carbonyl (C=O) groups excluding carboxylic acids is 1. The summed E-state index contributed by atoms with van der Waals surface area (Å²) in [6.07, 6.45) is 22.3. The molecule has 0 aromatic heterocycles. The summed E-state index contributed by atoms with van der Waals surface area (Å²) in [4.78, 5) is 11.9. The first-order valence-electron chi connectivity index (χ1n) is 12.8. The third-order valence-corrected chi connectivity index (χ3v) is 5.75. The second-order valence-electron chi connectivity index (χ2n) is 8.52. The van der Waals surface area contributed by atoms with Crippen LogP contribution < -0.4 is 9.47 Å². The van der Waals surface area contributed by atoms with Crippen molar-refractivity contribution in [2.24, 2.45) is 0 Å². The highest BCUT2D eigenvalue weighted by Gasteiger charge is 2.03. The van der Waals surface area contributed by atoms with E-state index in [-0.39, 0.29) is 5.97 Å². The lowest BCUT2D eigenvalue weighted by molar-refractivity contribution is -0.143. The van der Waals surface area contributed by atoms with Gasteiger partial charge in [-0.25, -0.2) is 0 Å². The predicted octanol–water partition coefficient (Wildman–Crippen LogP) is 8.13. The number of rotatable bonds is 20. The summed E-state index contributed by atoms with van der Waals surface area (Å²) in [5.41, 5.74) is 1.03. The van der Waals surface area contributed by atoms with Crippen LogP contribution in [0.4, 0.5) is 0 Å². The van der Waals surface area contributed by atoms with Gasteiger partial charge in [0.1, 0.15) is 0 Å². The van der Waals surface area contributed by atoms with E-state index in [9.17, 15) is 4.79 Å². The zero-order valence-electron chi connectivity index (χ0n) is 20.8. The molecule has 4 nitrogen and oxygen atoms in total. The smallest absolute Gasteiger partial charge is 0.305 e. The predicted molar refractivity (Wildman–Crippen MR) is 134 cm³/mol. The maximum atomic E-state index is 11.9. The lowest BCUT2D eigenvalue weighted by Gasteiger charge is -2.07. The molecule has 0 bridgehead atoms. The van der Waals surface area contributed by atoms with Gasteiger partial charge in [0.05, 0.1) is 20.8 Å². The monoisotopic (exact) mass is 446 g/mol. The standard InChI is InChI=1S/C28H46O4/c1-4-5-6-7-8-9-10-11-12-13-14-15-16-20-28(29)32-23-18-17-19-25-21-22-26(30-2)27(24-25)31-3/h17,19,21-22,24H,4-16,18,20,23H2,1-3H3. The SMILES string of the molecule is CCCCCCCCCCCCCCCC(=O)OCCC=Cc1ccc(OC)c(OC)c1. The first-order valence-corrected chi connectivity index (χ1v) is 12.8. The molecule has 0 spiro atoms. The second kappa shape index (κ2) is 19.7. The van der Waals surface area contributed by atoms with E-state index in [1.54, 1.807) is 14.2 Å². The Hall–Kier alpha value is -1.97. The molecule has 0 atom stereocenters. The second-order valence-corrected chi connectivity index (χ2v) is 8.52. The highest BCUT2D eigenvalue weighted by molar-refractivity contribution is 5.69. The number of carbonyl (C=O) groups is 1. The molecule has 0 amide bonds. The number of methoxy groups -OCH3 is 2.